The van der Waals surface area contributed by atoms with Crippen molar-refractivity contribution in [2.75, 3.05) is 12.4 Å². The van der Waals surface area contributed by atoms with E-state index in [-0.39, 0.29) is 5.82 Å². The molecule has 3 rings (SSSR count). The minimum absolute atomic E-state index is 0.337. The number of anilines is 1. The van der Waals surface area contributed by atoms with Crippen LogP contribution in [0.15, 0.2) is 22.7 Å². The van der Waals surface area contributed by atoms with Crippen LogP contribution >= 0.6 is 27.3 Å². The largest absolute Gasteiger partial charge is 0.372 e. The van der Waals surface area contributed by atoms with E-state index in [2.05, 4.69) is 45.1 Å². The fourth-order valence-electron chi connectivity index (χ4n) is 2.25. The van der Waals surface area contributed by atoms with E-state index in [1.54, 1.807) is 23.5 Å². The van der Waals surface area contributed by atoms with E-state index in [4.69, 9.17) is 0 Å². The Morgan fingerprint density at radius 3 is 2.67 bits per heavy atom. The fraction of sp³-hybridized carbons (Fsp3) is 0.200. The van der Waals surface area contributed by atoms with Gasteiger partial charge in [0.05, 0.1) is 10.9 Å². The van der Waals surface area contributed by atoms with Gasteiger partial charge in [-0.25, -0.2) is 14.4 Å². The quantitative estimate of drug-likeness (QED) is 0.700. The Kier molecular flexibility index (Phi) is 3.67. The van der Waals surface area contributed by atoms with Gasteiger partial charge in [0, 0.05) is 16.4 Å². The lowest BCUT2D eigenvalue weighted by Gasteiger charge is -2.08. The molecule has 0 aliphatic rings. The number of halogens is 2. The predicted octanol–water partition coefficient (Wildman–Crippen LogP) is 4.92. The molecule has 2 heterocycles. The summed E-state index contributed by atoms with van der Waals surface area (Å²) in [5.74, 6) is 0.779. The first-order valence-electron chi connectivity index (χ1n) is 6.42. The molecule has 6 heteroatoms. The molecule has 3 nitrogen and oxygen atoms in total. The highest BCUT2D eigenvalue weighted by Crippen LogP contribution is 2.36. The molecule has 21 heavy (non-hydrogen) atoms. The lowest BCUT2D eigenvalue weighted by molar-refractivity contribution is 0.629. The molecule has 1 aromatic carbocycles. The molecule has 108 valence electrons. The van der Waals surface area contributed by atoms with Gasteiger partial charge in [-0.05, 0) is 47.5 Å². The highest BCUT2D eigenvalue weighted by Gasteiger charge is 2.18. The van der Waals surface area contributed by atoms with Crippen molar-refractivity contribution < 1.29 is 4.39 Å². The number of hydrogen-bond acceptors (Lipinski definition) is 4. The number of hydrogen-bond donors (Lipinski definition) is 1. The van der Waals surface area contributed by atoms with Crippen molar-refractivity contribution in [2.24, 2.45) is 0 Å². The third kappa shape index (κ3) is 2.32. The second kappa shape index (κ2) is 5.35. The smallest absolute Gasteiger partial charge is 0.167 e. The summed E-state index contributed by atoms with van der Waals surface area (Å²) in [5.41, 5.74) is 1.55. The van der Waals surface area contributed by atoms with Crippen LogP contribution in [0.3, 0.4) is 0 Å². The van der Waals surface area contributed by atoms with Gasteiger partial charge in [-0.3, -0.25) is 0 Å². The van der Waals surface area contributed by atoms with E-state index in [1.807, 2.05) is 7.05 Å². The lowest BCUT2D eigenvalue weighted by atomic mass is 10.1. The Labute approximate surface area is 134 Å². The van der Waals surface area contributed by atoms with E-state index < -0.39 is 0 Å². The molecular formula is C15H13BrFN3S. The molecule has 0 spiro atoms. The first-order valence-corrected chi connectivity index (χ1v) is 8.03. The maximum atomic E-state index is 14.1. The van der Waals surface area contributed by atoms with E-state index in [0.717, 1.165) is 16.0 Å². The van der Waals surface area contributed by atoms with Crippen LogP contribution in [0.5, 0.6) is 0 Å². The number of aromatic nitrogens is 2. The SMILES string of the molecule is CNc1nc(-c2c(F)cccc2Br)nc2sc(C)c(C)c12. The predicted molar refractivity (Wildman–Crippen MR) is 89.5 cm³/mol. The molecule has 0 amide bonds. The van der Waals surface area contributed by atoms with Gasteiger partial charge in [-0.15, -0.1) is 11.3 Å². The molecule has 0 aliphatic heterocycles. The Morgan fingerprint density at radius 2 is 2.00 bits per heavy atom. The number of nitrogens with one attached hydrogen (secondary N) is 1. The van der Waals surface area contributed by atoms with Gasteiger partial charge < -0.3 is 5.32 Å². The van der Waals surface area contributed by atoms with Gasteiger partial charge in [0.1, 0.15) is 16.5 Å². The first-order chi connectivity index (χ1) is 10.0. The van der Waals surface area contributed by atoms with Crippen LogP contribution < -0.4 is 5.32 Å². The second-order valence-electron chi connectivity index (χ2n) is 4.71. The van der Waals surface area contributed by atoms with Crippen molar-refractivity contribution in [3.05, 3.63) is 38.9 Å². The summed E-state index contributed by atoms with van der Waals surface area (Å²) in [4.78, 5) is 11.1. The molecule has 0 fully saturated rings. The molecule has 0 aliphatic carbocycles. The maximum absolute atomic E-state index is 14.1. The fourth-order valence-corrected chi connectivity index (χ4v) is 3.80. The van der Waals surface area contributed by atoms with E-state index in [0.29, 0.717) is 15.9 Å². The second-order valence-corrected chi connectivity index (χ2v) is 6.76. The number of fused-ring (bicyclic) bond motifs is 1. The van der Waals surface area contributed by atoms with Gasteiger partial charge in [-0.2, -0.15) is 0 Å². The molecule has 0 saturated heterocycles. The van der Waals surface area contributed by atoms with Crippen molar-refractivity contribution in [3.63, 3.8) is 0 Å². The molecule has 3 aromatic rings. The number of thiophene rings is 1. The molecule has 0 unspecified atom stereocenters. The van der Waals surface area contributed by atoms with E-state index in [1.165, 1.54) is 16.5 Å². The summed E-state index contributed by atoms with van der Waals surface area (Å²) in [6.45, 7) is 4.11. The highest BCUT2D eigenvalue weighted by atomic mass is 79.9. The Hall–Kier alpha value is -1.53. The van der Waals surface area contributed by atoms with Crippen molar-refractivity contribution in [1.82, 2.24) is 9.97 Å². The zero-order chi connectivity index (χ0) is 15.1. The summed E-state index contributed by atoms with van der Waals surface area (Å²) in [6, 6.07) is 4.85. The molecule has 0 bridgehead atoms. The van der Waals surface area contributed by atoms with Crippen LogP contribution in [0.2, 0.25) is 0 Å². The van der Waals surface area contributed by atoms with Crippen LogP contribution in [0.25, 0.3) is 21.6 Å². The summed E-state index contributed by atoms with van der Waals surface area (Å²) in [7, 11) is 1.81. The average Bonchev–Trinajstić information content (AvgIpc) is 2.73. The molecule has 0 radical (unpaired) electrons. The summed E-state index contributed by atoms with van der Waals surface area (Å²) in [5, 5.41) is 4.10. The van der Waals surface area contributed by atoms with Crippen LogP contribution in [0.4, 0.5) is 10.2 Å². The topological polar surface area (TPSA) is 37.8 Å². The van der Waals surface area contributed by atoms with Gasteiger partial charge in [0.15, 0.2) is 5.82 Å². The van der Waals surface area contributed by atoms with Crippen LogP contribution in [0, 0.1) is 19.7 Å². The average molecular weight is 366 g/mol. The van der Waals surface area contributed by atoms with Crippen LogP contribution in [-0.4, -0.2) is 17.0 Å². The minimum atomic E-state index is -0.337. The van der Waals surface area contributed by atoms with Crippen molar-refractivity contribution in [1.29, 1.82) is 0 Å². The zero-order valence-corrected chi connectivity index (χ0v) is 14.2. The van der Waals surface area contributed by atoms with Crippen LogP contribution in [-0.2, 0) is 0 Å². The number of aryl methyl sites for hydroxylation is 2. The van der Waals surface area contributed by atoms with Crippen molar-refractivity contribution >= 4 is 43.3 Å². The lowest BCUT2D eigenvalue weighted by Crippen LogP contribution is -1.99. The van der Waals surface area contributed by atoms with Gasteiger partial charge in [0.25, 0.3) is 0 Å². The first kappa shape index (κ1) is 14.4. The van der Waals surface area contributed by atoms with E-state index >= 15 is 0 Å². The monoisotopic (exact) mass is 365 g/mol. The molecule has 0 saturated carbocycles. The minimum Gasteiger partial charge on any atom is -0.372 e. The molecule has 0 atom stereocenters. The Bertz CT molecular complexity index is 824. The summed E-state index contributed by atoms with van der Waals surface area (Å²) >= 11 is 4.98. The van der Waals surface area contributed by atoms with Crippen molar-refractivity contribution in [2.45, 2.75) is 13.8 Å². The normalized spacial score (nSPS) is 11.1. The number of rotatable bonds is 2. The highest BCUT2D eigenvalue weighted by molar-refractivity contribution is 9.10. The third-order valence-corrected chi connectivity index (χ3v) is 5.21. The van der Waals surface area contributed by atoms with Gasteiger partial charge in [0.2, 0.25) is 0 Å². The summed E-state index contributed by atoms with van der Waals surface area (Å²) in [6.07, 6.45) is 0. The molecule has 2 aromatic heterocycles. The van der Waals surface area contributed by atoms with E-state index in [9.17, 15) is 4.39 Å². The maximum Gasteiger partial charge on any atom is 0.167 e. The standard InChI is InChI=1S/C15H13BrFN3S/c1-7-8(2)21-15-11(7)13(18-3)19-14(20-15)12-9(16)5-4-6-10(12)17/h4-6H,1-3H3,(H,18,19,20). The Morgan fingerprint density at radius 1 is 1.24 bits per heavy atom. The molecular weight excluding hydrogens is 353 g/mol. The van der Waals surface area contributed by atoms with Gasteiger partial charge >= 0.3 is 0 Å². The van der Waals surface area contributed by atoms with Gasteiger partial charge in [-0.1, -0.05) is 6.07 Å². The molecule has 1 N–H and O–H groups in total. The summed E-state index contributed by atoms with van der Waals surface area (Å²) < 4.78 is 14.8. The number of benzene rings is 1. The van der Waals surface area contributed by atoms with Crippen molar-refractivity contribution in [3.8, 4) is 11.4 Å². The zero-order valence-electron chi connectivity index (χ0n) is 11.8. The third-order valence-electron chi connectivity index (χ3n) is 3.45. The Balaban J connectivity index is 2.35. The number of nitrogens with zero attached hydrogens (tertiary/aromatic N) is 2. The van der Waals surface area contributed by atoms with Crippen LogP contribution in [0.1, 0.15) is 10.4 Å².